The minimum Gasteiger partial charge on any atom is -0.353 e. The van der Waals surface area contributed by atoms with Gasteiger partial charge in [0.15, 0.2) is 5.65 Å². The molecule has 8 heteroatoms. The lowest BCUT2D eigenvalue weighted by atomic mass is 10.0. The van der Waals surface area contributed by atoms with Crippen molar-refractivity contribution in [2.45, 2.75) is 26.2 Å². The second-order valence-electron chi connectivity index (χ2n) is 9.24. The van der Waals surface area contributed by atoms with Gasteiger partial charge in [0.05, 0.1) is 23.3 Å². The fraction of sp³-hybridized carbons (Fsp3) is 0.133. The first-order chi connectivity index (χ1) is 18.6. The van der Waals surface area contributed by atoms with Crippen LogP contribution in [-0.4, -0.2) is 31.1 Å². The van der Waals surface area contributed by atoms with Crippen LogP contribution in [0, 0.1) is 5.82 Å². The topological polar surface area (TPSA) is 99.3 Å². The predicted octanol–water partition coefficient (Wildman–Crippen LogP) is 7.10. The molecule has 3 N–H and O–H groups in total. The fourth-order valence-corrected chi connectivity index (χ4v) is 4.69. The van der Waals surface area contributed by atoms with Gasteiger partial charge in [-0.25, -0.2) is 9.37 Å². The van der Waals surface area contributed by atoms with Gasteiger partial charge < -0.3 is 10.3 Å². The summed E-state index contributed by atoms with van der Waals surface area (Å²) in [6.45, 7) is 2.06. The molecule has 0 radical (unpaired) electrons. The van der Waals surface area contributed by atoms with Gasteiger partial charge in [-0.1, -0.05) is 43.7 Å². The van der Waals surface area contributed by atoms with E-state index >= 15 is 0 Å². The molecule has 0 aliphatic carbocycles. The second-order valence-corrected chi connectivity index (χ2v) is 9.24. The Balaban J connectivity index is 1.38. The van der Waals surface area contributed by atoms with Crippen molar-refractivity contribution in [1.29, 1.82) is 0 Å². The Morgan fingerprint density at radius 2 is 1.79 bits per heavy atom. The minimum atomic E-state index is -0.263. The number of H-pyrrole nitrogens is 2. The SMILES string of the molecule is CCCCC(=O)Nc1cncc(-c2cnc3n[nH]c(-c4cc5c(-c6ccccc6F)cccc5[nH]4)c3c2)c1. The molecular weight excluding hydrogens is 479 g/mol. The fourth-order valence-electron chi connectivity index (χ4n) is 4.69. The number of hydrogen-bond acceptors (Lipinski definition) is 4. The summed E-state index contributed by atoms with van der Waals surface area (Å²) in [6, 6.07) is 18.5. The Kier molecular flexibility index (Phi) is 6.13. The second kappa shape index (κ2) is 9.89. The van der Waals surface area contributed by atoms with Crippen LogP contribution in [0.3, 0.4) is 0 Å². The molecule has 0 atom stereocenters. The number of anilines is 1. The zero-order valence-electron chi connectivity index (χ0n) is 20.8. The molecule has 0 bridgehead atoms. The van der Waals surface area contributed by atoms with Gasteiger partial charge in [-0.2, -0.15) is 5.10 Å². The van der Waals surface area contributed by atoms with Crippen molar-refractivity contribution in [2.24, 2.45) is 0 Å². The van der Waals surface area contributed by atoms with Crippen LogP contribution in [-0.2, 0) is 4.79 Å². The molecule has 0 saturated carbocycles. The zero-order chi connectivity index (χ0) is 26.1. The smallest absolute Gasteiger partial charge is 0.224 e. The first-order valence-corrected chi connectivity index (χ1v) is 12.6. The Morgan fingerprint density at radius 3 is 2.66 bits per heavy atom. The van der Waals surface area contributed by atoms with E-state index in [1.165, 1.54) is 6.07 Å². The van der Waals surface area contributed by atoms with E-state index in [2.05, 4.69) is 37.4 Å². The monoisotopic (exact) mass is 504 g/mol. The maximum atomic E-state index is 14.6. The van der Waals surface area contributed by atoms with Gasteiger partial charge in [-0.3, -0.25) is 14.9 Å². The number of fused-ring (bicyclic) bond motifs is 2. The number of aromatic amines is 2. The van der Waals surface area contributed by atoms with Crippen LogP contribution in [0.1, 0.15) is 26.2 Å². The average molecular weight is 505 g/mol. The number of amides is 1. The number of unbranched alkanes of at least 4 members (excludes halogenated alkanes) is 1. The number of carbonyl (C=O) groups is 1. The number of hydrogen-bond donors (Lipinski definition) is 3. The van der Waals surface area contributed by atoms with Crippen LogP contribution in [0.25, 0.3) is 55.6 Å². The molecule has 6 rings (SSSR count). The summed E-state index contributed by atoms with van der Waals surface area (Å²) in [5.74, 6) is -0.286. The number of benzene rings is 2. The van der Waals surface area contributed by atoms with Crippen LogP contribution >= 0.6 is 0 Å². The van der Waals surface area contributed by atoms with Crippen molar-refractivity contribution >= 4 is 33.5 Å². The number of nitrogens with zero attached hydrogens (tertiary/aromatic N) is 3. The highest BCUT2D eigenvalue weighted by Crippen LogP contribution is 2.35. The zero-order valence-corrected chi connectivity index (χ0v) is 20.8. The van der Waals surface area contributed by atoms with Crippen LogP contribution in [0.4, 0.5) is 10.1 Å². The maximum absolute atomic E-state index is 14.6. The summed E-state index contributed by atoms with van der Waals surface area (Å²) in [5, 5.41) is 12.2. The minimum absolute atomic E-state index is 0.0231. The van der Waals surface area contributed by atoms with Crippen molar-refractivity contribution in [1.82, 2.24) is 25.1 Å². The first kappa shape index (κ1) is 23.5. The molecule has 7 nitrogen and oxygen atoms in total. The first-order valence-electron chi connectivity index (χ1n) is 12.6. The van der Waals surface area contributed by atoms with E-state index in [0.29, 0.717) is 23.3 Å². The van der Waals surface area contributed by atoms with Crippen molar-refractivity contribution in [2.75, 3.05) is 5.32 Å². The standard InChI is InChI=1S/C30H25FN6O/c1-2-3-11-28(38)34-20-12-18(15-32-17-20)19-13-24-29(36-37-30(24)33-16-19)27-14-23-21(8-6-10-26(23)35-27)22-7-4-5-9-25(22)31/h4-10,12-17,35H,2-3,11H2,1H3,(H,34,38)(H,33,36,37). The Labute approximate surface area is 218 Å². The van der Waals surface area contributed by atoms with Crippen LogP contribution in [0.15, 0.2) is 79.3 Å². The summed E-state index contributed by atoms with van der Waals surface area (Å²) >= 11 is 0. The number of halogens is 1. The molecule has 4 aromatic heterocycles. The summed E-state index contributed by atoms with van der Waals surface area (Å²) in [6.07, 6.45) is 7.42. The molecule has 0 unspecified atom stereocenters. The Morgan fingerprint density at radius 1 is 0.947 bits per heavy atom. The third kappa shape index (κ3) is 4.41. The molecule has 2 aromatic carbocycles. The third-order valence-corrected chi connectivity index (χ3v) is 6.62. The summed E-state index contributed by atoms with van der Waals surface area (Å²) in [5.41, 5.74) is 6.76. The van der Waals surface area contributed by atoms with Crippen LogP contribution in [0.2, 0.25) is 0 Å². The van der Waals surface area contributed by atoms with Gasteiger partial charge in [-0.15, -0.1) is 0 Å². The number of carbonyl (C=O) groups excluding carboxylic acids is 1. The quantitative estimate of drug-likeness (QED) is 0.216. The van der Waals surface area contributed by atoms with Crippen molar-refractivity contribution in [3.8, 4) is 33.6 Å². The highest BCUT2D eigenvalue weighted by atomic mass is 19.1. The van der Waals surface area contributed by atoms with Gasteiger partial charge in [-0.05, 0) is 42.3 Å². The molecule has 1 amide bonds. The summed E-state index contributed by atoms with van der Waals surface area (Å²) in [4.78, 5) is 24.5. The van der Waals surface area contributed by atoms with Gasteiger partial charge in [0.25, 0.3) is 0 Å². The number of nitrogens with one attached hydrogen (secondary N) is 3. The number of pyridine rings is 2. The normalized spacial score (nSPS) is 11.3. The molecule has 188 valence electrons. The van der Waals surface area contributed by atoms with E-state index in [9.17, 15) is 9.18 Å². The molecular formula is C30H25FN6O. The van der Waals surface area contributed by atoms with E-state index in [4.69, 9.17) is 0 Å². The third-order valence-electron chi connectivity index (χ3n) is 6.62. The Hall–Kier alpha value is -4.85. The predicted molar refractivity (Wildman–Crippen MR) is 148 cm³/mol. The van der Waals surface area contributed by atoms with E-state index in [0.717, 1.165) is 57.2 Å². The average Bonchev–Trinajstić information content (AvgIpc) is 3.56. The Bertz CT molecular complexity index is 1790. The van der Waals surface area contributed by atoms with Gasteiger partial charge in [0.1, 0.15) is 5.82 Å². The van der Waals surface area contributed by atoms with Gasteiger partial charge in [0, 0.05) is 51.8 Å². The lowest BCUT2D eigenvalue weighted by Crippen LogP contribution is -2.11. The largest absolute Gasteiger partial charge is 0.353 e. The molecule has 0 spiro atoms. The van der Waals surface area contributed by atoms with E-state index in [1.807, 2.05) is 42.5 Å². The van der Waals surface area contributed by atoms with E-state index in [1.54, 1.807) is 30.7 Å². The molecule has 38 heavy (non-hydrogen) atoms. The molecule has 0 aliphatic rings. The molecule has 6 aromatic rings. The molecule has 0 fully saturated rings. The van der Waals surface area contributed by atoms with Crippen molar-refractivity contribution in [3.63, 3.8) is 0 Å². The van der Waals surface area contributed by atoms with Crippen molar-refractivity contribution < 1.29 is 9.18 Å². The lowest BCUT2D eigenvalue weighted by Gasteiger charge is -2.07. The summed E-state index contributed by atoms with van der Waals surface area (Å²) < 4.78 is 14.6. The highest BCUT2D eigenvalue weighted by Gasteiger charge is 2.16. The molecule has 4 heterocycles. The summed E-state index contributed by atoms with van der Waals surface area (Å²) in [7, 11) is 0. The number of aromatic nitrogens is 5. The van der Waals surface area contributed by atoms with Crippen LogP contribution in [0.5, 0.6) is 0 Å². The highest BCUT2D eigenvalue weighted by molar-refractivity contribution is 6.01. The lowest BCUT2D eigenvalue weighted by molar-refractivity contribution is -0.116. The molecule has 0 aliphatic heterocycles. The van der Waals surface area contributed by atoms with Gasteiger partial charge in [0.2, 0.25) is 5.91 Å². The van der Waals surface area contributed by atoms with Crippen molar-refractivity contribution in [3.05, 3.63) is 85.1 Å². The maximum Gasteiger partial charge on any atom is 0.224 e. The number of rotatable bonds is 7. The molecule has 0 saturated heterocycles. The van der Waals surface area contributed by atoms with E-state index in [-0.39, 0.29) is 11.7 Å². The van der Waals surface area contributed by atoms with E-state index < -0.39 is 0 Å². The van der Waals surface area contributed by atoms with Gasteiger partial charge >= 0.3 is 0 Å². The van der Waals surface area contributed by atoms with Crippen LogP contribution < -0.4 is 5.32 Å².